The first kappa shape index (κ1) is 14.5. The van der Waals surface area contributed by atoms with Crippen molar-refractivity contribution in [3.63, 3.8) is 0 Å². The van der Waals surface area contributed by atoms with Gasteiger partial charge in [0.1, 0.15) is 0 Å². The van der Waals surface area contributed by atoms with Crippen molar-refractivity contribution in [3.05, 3.63) is 70.9 Å². The lowest BCUT2D eigenvalue weighted by molar-refractivity contribution is 0.972. The summed E-state index contributed by atoms with van der Waals surface area (Å²) in [6.45, 7) is 12.7. The quantitative estimate of drug-likeness (QED) is 0.557. The van der Waals surface area contributed by atoms with Crippen molar-refractivity contribution in [2.75, 3.05) is 0 Å². The number of allylic oxidation sites excluding steroid dienone is 11. The van der Waals surface area contributed by atoms with Crippen molar-refractivity contribution in [2.24, 2.45) is 0 Å². The number of rotatable bonds is 3. The average Bonchev–Trinajstić information content (AvgIpc) is 2.30. The molecule has 0 unspecified atom stereocenters. The molecule has 0 radical (unpaired) electrons. The fraction of sp³-hybridized carbons (Fsp3) is 0.333. The maximum atomic E-state index is 4.17. The largest absolute Gasteiger partial charge is 0.0952 e. The van der Waals surface area contributed by atoms with Crippen LogP contribution in [0.25, 0.3) is 0 Å². The molecule has 0 aromatic carbocycles. The van der Waals surface area contributed by atoms with Crippen molar-refractivity contribution in [3.8, 4) is 0 Å². The Balaban J connectivity index is 2.92. The smallest absolute Gasteiger partial charge is 0.00236 e. The van der Waals surface area contributed by atoms with Gasteiger partial charge in [0.15, 0.2) is 0 Å². The molecule has 0 aliphatic heterocycles. The minimum atomic E-state index is 0.998. The van der Waals surface area contributed by atoms with Gasteiger partial charge in [-0.2, -0.15) is 0 Å². The Bertz CT molecular complexity index is 458. The lowest BCUT2D eigenvalue weighted by Gasteiger charge is -2.20. The molecule has 0 atom stereocenters. The molecule has 0 spiro atoms. The molecule has 0 nitrogen and oxygen atoms in total. The molecule has 1 rings (SSSR count). The van der Waals surface area contributed by atoms with Gasteiger partial charge >= 0.3 is 0 Å². The molecule has 0 heterocycles. The standard InChI is InChI=1S/C18H24/c1-6-7-10-17-13-18(11-8-9-14(2)3)16(5)12-15(17)4/h6-11H,4,12-13H2,1-3,5H3/b7-6-,11-8-,17-10-. The first-order valence-electron chi connectivity index (χ1n) is 6.54. The molecular weight excluding hydrogens is 216 g/mol. The van der Waals surface area contributed by atoms with Crippen molar-refractivity contribution >= 4 is 0 Å². The third-order valence-electron chi connectivity index (χ3n) is 3.08. The fourth-order valence-electron chi connectivity index (χ4n) is 1.98. The van der Waals surface area contributed by atoms with Crippen LogP contribution in [0.3, 0.4) is 0 Å². The minimum absolute atomic E-state index is 0.998. The summed E-state index contributed by atoms with van der Waals surface area (Å²) in [4.78, 5) is 0. The Hall–Kier alpha value is -1.56. The molecule has 0 amide bonds. The van der Waals surface area contributed by atoms with Crippen LogP contribution in [0.2, 0.25) is 0 Å². The molecule has 0 saturated carbocycles. The molecule has 1 aliphatic rings. The molecular formula is C18H24. The Morgan fingerprint density at radius 2 is 1.89 bits per heavy atom. The van der Waals surface area contributed by atoms with Gasteiger partial charge in [-0.1, -0.05) is 54.2 Å². The Morgan fingerprint density at radius 3 is 2.50 bits per heavy atom. The van der Waals surface area contributed by atoms with Crippen LogP contribution in [0.15, 0.2) is 70.9 Å². The molecule has 0 aromatic rings. The van der Waals surface area contributed by atoms with E-state index >= 15 is 0 Å². The van der Waals surface area contributed by atoms with Crippen LogP contribution in [0.5, 0.6) is 0 Å². The van der Waals surface area contributed by atoms with E-state index in [0.717, 1.165) is 12.8 Å². The van der Waals surface area contributed by atoms with E-state index < -0.39 is 0 Å². The number of hydrogen-bond donors (Lipinski definition) is 0. The van der Waals surface area contributed by atoms with Gasteiger partial charge in [0.2, 0.25) is 0 Å². The summed E-state index contributed by atoms with van der Waals surface area (Å²) in [5, 5.41) is 0. The molecule has 0 fully saturated rings. The van der Waals surface area contributed by atoms with Crippen LogP contribution in [0, 0.1) is 0 Å². The van der Waals surface area contributed by atoms with Gasteiger partial charge in [-0.3, -0.25) is 0 Å². The third kappa shape index (κ3) is 4.37. The Kier molecular flexibility index (Phi) is 5.64. The summed E-state index contributed by atoms with van der Waals surface area (Å²) >= 11 is 0. The van der Waals surface area contributed by atoms with E-state index in [4.69, 9.17) is 0 Å². The van der Waals surface area contributed by atoms with Crippen LogP contribution < -0.4 is 0 Å². The highest BCUT2D eigenvalue weighted by atomic mass is 14.2. The summed E-state index contributed by atoms with van der Waals surface area (Å²) in [7, 11) is 0. The van der Waals surface area contributed by atoms with E-state index in [9.17, 15) is 0 Å². The highest BCUT2D eigenvalue weighted by Gasteiger charge is 2.13. The topological polar surface area (TPSA) is 0 Å². The van der Waals surface area contributed by atoms with Crippen LogP contribution in [0.4, 0.5) is 0 Å². The predicted molar refractivity (Wildman–Crippen MR) is 82.5 cm³/mol. The van der Waals surface area contributed by atoms with E-state index in [-0.39, 0.29) is 0 Å². The van der Waals surface area contributed by atoms with Gasteiger partial charge in [0, 0.05) is 0 Å². The average molecular weight is 240 g/mol. The Labute approximate surface area is 112 Å². The summed E-state index contributed by atoms with van der Waals surface area (Å²) in [6.07, 6.45) is 14.9. The zero-order chi connectivity index (χ0) is 13.5. The van der Waals surface area contributed by atoms with Gasteiger partial charge < -0.3 is 0 Å². The summed E-state index contributed by atoms with van der Waals surface area (Å²) in [5.41, 5.74) is 6.81. The molecule has 0 N–H and O–H groups in total. The lowest BCUT2D eigenvalue weighted by atomic mass is 9.85. The maximum absolute atomic E-state index is 4.17. The Morgan fingerprint density at radius 1 is 1.17 bits per heavy atom. The molecule has 18 heavy (non-hydrogen) atoms. The minimum Gasteiger partial charge on any atom is -0.0952 e. The van der Waals surface area contributed by atoms with Crippen LogP contribution in [0.1, 0.15) is 40.5 Å². The van der Waals surface area contributed by atoms with Crippen LogP contribution >= 0.6 is 0 Å². The van der Waals surface area contributed by atoms with E-state index in [2.05, 4.69) is 63.8 Å². The summed E-state index contributed by atoms with van der Waals surface area (Å²) in [6, 6.07) is 0. The molecule has 96 valence electrons. The molecule has 0 heteroatoms. The van der Waals surface area contributed by atoms with Gasteiger partial charge in [0.25, 0.3) is 0 Å². The predicted octanol–water partition coefficient (Wildman–Crippen LogP) is 5.68. The number of hydrogen-bond acceptors (Lipinski definition) is 0. The summed E-state index contributed by atoms with van der Waals surface area (Å²) in [5.74, 6) is 0. The van der Waals surface area contributed by atoms with E-state index in [0.29, 0.717) is 0 Å². The molecule has 0 saturated heterocycles. The third-order valence-corrected chi connectivity index (χ3v) is 3.08. The van der Waals surface area contributed by atoms with E-state index in [1.54, 1.807) is 0 Å². The van der Waals surface area contributed by atoms with Crippen molar-refractivity contribution in [1.82, 2.24) is 0 Å². The molecule has 1 aliphatic carbocycles. The van der Waals surface area contributed by atoms with Crippen LogP contribution in [-0.2, 0) is 0 Å². The zero-order valence-corrected chi connectivity index (χ0v) is 12.1. The van der Waals surface area contributed by atoms with Gasteiger partial charge in [-0.05, 0) is 57.3 Å². The normalized spacial score (nSPS) is 19.3. The second-order valence-corrected chi connectivity index (χ2v) is 5.08. The lowest BCUT2D eigenvalue weighted by Crippen LogP contribution is -2.01. The van der Waals surface area contributed by atoms with Crippen molar-refractivity contribution in [2.45, 2.75) is 40.5 Å². The van der Waals surface area contributed by atoms with Gasteiger partial charge in [0.05, 0.1) is 0 Å². The van der Waals surface area contributed by atoms with Crippen LogP contribution in [-0.4, -0.2) is 0 Å². The first-order valence-corrected chi connectivity index (χ1v) is 6.54. The molecule has 0 bridgehead atoms. The van der Waals surface area contributed by atoms with Gasteiger partial charge in [-0.25, -0.2) is 0 Å². The second kappa shape index (κ2) is 7.00. The van der Waals surface area contributed by atoms with Crippen molar-refractivity contribution in [1.29, 1.82) is 0 Å². The van der Waals surface area contributed by atoms with E-state index in [1.165, 1.54) is 27.9 Å². The highest BCUT2D eigenvalue weighted by molar-refractivity contribution is 5.47. The SMILES string of the molecule is C=C1CC(C)=C(/C=C\C=C(C)C)C/C1=C/C=C\C. The van der Waals surface area contributed by atoms with Gasteiger partial charge in [-0.15, -0.1) is 0 Å². The summed E-state index contributed by atoms with van der Waals surface area (Å²) < 4.78 is 0. The highest BCUT2D eigenvalue weighted by Crippen LogP contribution is 2.32. The van der Waals surface area contributed by atoms with E-state index in [1.807, 2.05) is 6.92 Å². The molecule has 0 aromatic heterocycles. The maximum Gasteiger partial charge on any atom is -0.00236 e. The zero-order valence-electron chi connectivity index (χ0n) is 12.1. The monoisotopic (exact) mass is 240 g/mol. The first-order chi connectivity index (χ1) is 8.54. The second-order valence-electron chi connectivity index (χ2n) is 5.08. The van der Waals surface area contributed by atoms with Crippen molar-refractivity contribution < 1.29 is 0 Å². The fourth-order valence-corrected chi connectivity index (χ4v) is 1.98.